The Morgan fingerprint density at radius 3 is 1.37 bits per heavy atom. The largest absolute Gasteiger partial charge is 1.00 e. The van der Waals surface area contributed by atoms with Crippen LogP contribution in [-0.2, 0) is 18.3 Å². The van der Waals surface area contributed by atoms with Crippen LogP contribution in [0.1, 0.15) is 57.3 Å². The van der Waals surface area contributed by atoms with Gasteiger partial charge in [0.1, 0.15) is 0 Å². The fraction of sp³-hybridized carbons (Fsp3) is 0.385. The van der Waals surface area contributed by atoms with E-state index in [1.165, 1.54) is 11.1 Å². The molecule has 30 heavy (non-hydrogen) atoms. The van der Waals surface area contributed by atoms with Crippen molar-refractivity contribution in [2.75, 3.05) is 0 Å². The summed E-state index contributed by atoms with van der Waals surface area (Å²) in [4.78, 5) is 0. The topological polar surface area (TPSA) is 0 Å². The van der Waals surface area contributed by atoms with E-state index < -0.39 is 28.4 Å². The van der Waals surface area contributed by atoms with Crippen molar-refractivity contribution in [3.63, 3.8) is 0 Å². The van der Waals surface area contributed by atoms with E-state index in [1.807, 2.05) is 0 Å². The van der Waals surface area contributed by atoms with Gasteiger partial charge in [-0.25, -0.2) is 0 Å². The molecule has 158 valence electrons. The van der Waals surface area contributed by atoms with Crippen molar-refractivity contribution in [2.45, 2.75) is 46.6 Å². The van der Waals surface area contributed by atoms with Crippen LogP contribution in [0.2, 0.25) is 11.5 Å². The van der Waals surface area contributed by atoms with Gasteiger partial charge in [-0.1, -0.05) is 0 Å². The summed E-state index contributed by atoms with van der Waals surface area (Å²) in [6.07, 6.45) is 5.13. The molecule has 0 nitrogen and oxygen atoms in total. The molecular weight excluding hydrogens is 634 g/mol. The van der Waals surface area contributed by atoms with Crippen molar-refractivity contribution in [3.05, 3.63) is 81.9 Å². The Morgan fingerprint density at radius 1 is 0.667 bits per heavy atom. The molecule has 0 saturated heterocycles. The van der Waals surface area contributed by atoms with Gasteiger partial charge in [-0.3, -0.25) is 0 Å². The summed E-state index contributed by atoms with van der Waals surface area (Å²) in [5, 5.41) is 0. The standard InChI is InChI=1S/2C12H13.C2H6Ge.2ClH.Hf/c2*1-9(2)12-7-10-5-3-4-6-11(10)8-12;1-3-2;;;/h2*3-9H,1-2H3;1-2H3;2*1H;/q;;;;;+2/p-2. The van der Waals surface area contributed by atoms with Gasteiger partial charge in [-0.05, 0) is 0 Å². The average molecular weight is 667 g/mol. The van der Waals surface area contributed by atoms with Crippen molar-refractivity contribution in [2.24, 2.45) is 11.8 Å². The molecule has 2 atom stereocenters. The minimum absolute atomic E-state index is 0. The van der Waals surface area contributed by atoms with E-state index in [-0.39, 0.29) is 24.8 Å². The third kappa shape index (κ3) is 4.65. The molecule has 0 bridgehead atoms. The molecule has 2 aliphatic carbocycles. The SMILES string of the molecule is CC(C)C1=Cc2ccccc2[CH]1[Hf+2]([CH]1C(C(C)C)=Cc2ccccc21)=[Ge]([CH3])[CH3].[Cl-].[Cl-]. The molecule has 0 heterocycles. The maximum absolute atomic E-state index is 2.69. The van der Waals surface area contributed by atoms with Crippen LogP contribution < -0.4 is 24.8 Å². The van der Waals surface area contributed by atoms with Crippen LogP contribution >= 0.6 is 0 Å². The summed E-state index contributed by atoms with van der Waals surface area (Å²) in [7, 11) is -1.05. The molecule has 0 radical (unpaired) electrons. The molecule has 4 rings (SSSR count). The van der Waals surface area contributed by atoms with Gasteiger partial charge in [-0.15, -0.1) is 0 Å². The summed E-state index contributed by atoms with van der Waals surface area (Å²) in [5.74, 6) is 6.69. The normalized spacial score (nSPS) is 18.5. The predicted octanol–water partition coefficient (Wildman–Crippen LogP) is 1.45. The van der Waals surface area contributed by atoms with E-state index in [4.69, 9.17) is 0 Å². The first-order valence-corrected chi connectivity index (χ1v) is 29.4. The molecular formula is C26H32Cl2GeHf. The van der Waals surface area contributed by atoms with Crippen LogP contribution in [0.4, 0.5) is 0 Å². The van der Waals surface area contributed by atoms with Gasteiger partial charge in [0.05, 0.1) is 0 Å². The van der Waals surface area contributed by atoms with Crippen molar-refractivity contribution in [3.8, 4) is 0 Å². The van der Waals surface area contributed by atoms with Crippen molar-refractivity contribution in [1.82, 2.24) is 0 Å². The monoisotopic (exact) mass is 668 g/mol. The van der Waals surface area contributed by atoms with E-state index in [1.54, 1.807) is 22.3 Å². The first kappa shape index (κ1) is 26.2. The second-order valence-corrected chi connectivity index (χ2v) is 49.4. The van der Waals surface area contributed by atoms with Crippen LogP contribution in [-0.4, -0.2) is 10.1 Å². The minimum atomic E-state index is -2.06. The first-order chi connectivity index (χ1) is 13.4. The molecule has 2 aromatic rings. The number of fused-ring (bicyclic) bond motifs is 2. The number of rotatable bonds is 4. The van der Waals surface area contributed by atoms with Crippen LogP contribution in [0, 0.1) is 11.8 Å². The third-order valence-electron chi connectivity index (χ3n) is 6.46. The number of allylic oxidation sites excluding steroid dienone is 2. The van der Waals surface area contributed by atoms with Crippen molar-refractivity contribution < 1.29 is 43.2 Å². The zero-order valence-electron chi connectivity index (χ0n) is 18.8. The van der Waals surface area contributed by atoms with Crippen LogP contribution in [0.5, 0.6) is 0 Å². The summed E-state index contributed by atoms with van der Waals surface area (Å²) < 4.78 is 1.59. The van der Waals surface area contributed by atoms with Gasteiger partial charge in [0.15, 0.2) is 0 Å². The molecule has 0 spiro atoms. The molecule has 2 unspecified atom stereocenters. The van der Waals surface area contributed by atoms with Crippen molar-refractivity contribution in [1.29, 1.82) is 0 Å². The van der Waals surface area contributed by atoms with Gasteiger partial charge in [0, 0.05) is 0 Å². The van der Waals surface area contributed by atoms with Gasteiger partial charge < -0.3 is 24.8 Å². The predicted molar refractivity (Wildman–Crippen MR) is 121 cm³/mol. The van der Waals surface area contributed by atoms with Gasteiger partial charge in [0.2, 0.25) is 0 Å². The van der Waals surface area contributed by atoms with Gasteiger partial charge in [-0.2, -0.15) is 0 Å². The van der Waals surface area contributed by atoms with Gasteiger partial charge in [0.25, 0.3) is 0 Å². The Morgan fingerprint density at radius 2 is 1.03 bits per heavy atom. The zero-order chi connectivity index (χ0) is 20.0. The molecule has 0 aromatic heterocycles. The number of hydrogen-bond acceptors (Lipinski definition) is 0. The van der Waals surface area contributed by atoms with E-state index in [0.717, 1.165) is 7.35 Å². The average Bonchev–Trinajstić information content (AvgIpc) is 3.22. The summed E-state index contributed by atoms with van der Waals surface area (Å²) in [5.41, 5.74) is 9.89. The smallest absolute Gasteiger partial charge is 1.00 e. The fourth-order valence-electron chi connectivity index (χ4n) is 5.13. The molecule has 2 aliphatic rings. The fourth-order valence-corrected chi connectivity index (χ4v) is 51.2. The molecule has 4 heteroatoms. The second kappa shape index (κ2) is 10.7. The molecule has 0 amide bonds. The Kier molecular flexibility index (Phi) is 9.32. The first-order valence-electron chi connectivity index (χ1n) is 10.7. The zero-order valence-corrected chi connectivity index (χ0v) is 26.0. The van der Waals surface area contributed by atoms with E-state index >= 15 is 0 Å². The van der Waals surface area contributed by atoms with Crippen LogP contribution in [0.15, 0.2) is 59.7 Å². The van der Waals surface area contributed by atoms with Crippen molar-refractivity contribution >= 4 is 22.2 Å². The number of benzene rings is 2. The Labute approximate surface area is 204 Å². The summed E-state index contributed by atoms with van der Waals surface area (Å²) >= 11 is -2.06. The molecule has 0 aliphatic heterocycles. The van der Waals surface area contributed by atoms with E-state index in [0.29, 0.717) is 11.8 Å². The molecule has 2 aromatic carbocycles. The van der Waals surface area contributed by atoms with Crippen LogP contribution in [0.3, 0.4) is 0 Å². The Balaban J connectivity index is 0.00000160. The van der Waals surface area contributed by atoms with E-state index in [9.17, 15) is 0 Å². The second-order valence-electron chi connectivity index (χ2n) is 9.18. The molecule has 0 N–H and O–H groups in total. The number of hydrogen-bond donors (Lipinski definition) is 0. The Bertz CT molecular complexity index is 938. The number of halogens is 2. The third-order valence-corrected chi connectivity index (χ3v) is 49.5. The summed E-state index contributed by atoms with van der Waals surface area (Å²) in [6, 6.07) is 18.6. The molecule has 0 fully saturated rings. The Hall–Kier alpha value is -0.0870. The quantitative estimate of drug-likeness (QED) is 0.434. The molecule has 0 saturated carbocycles. The van der Waals surface area contributed by atoms with Gasteiger partial charge >= 0.3 is 181 Å². The van der Waals surface area contributed by atoms with Crippen LogP contribution in [0.25, 0.3) is 12.2 Å². The summed E-state index contributed by atoms with van der Waals surface area (Å²) in [6.45, 7) is 9.67. The maximum atomic E-state index is 2.69. The minimum Gasteiger partial charge on any atom is -1.00 e. The van der Waals surface area contributed by atoms with E-state index in [2.05, 4.69) is 99.9 Å². The maximum Gasteiger partial charge on any atom is -1.00 e.